The van der Waals surface area contributed by atoms with Gasteiger partial charge >= 0.3 is 0 Å². The Morgan fingerprint density at radius 2 is 1.95 bits per heavy atom. The maximum atomic E-state index is 4.82. The lowest BCUT2D eigenvalue weighted by molar-refractivity contribution is 0.644. The second-order valence-electron chi connectivity index (χ2n) is 5.91. The van der Waals surface area contributed by atoms with Crippen molar-refractivity contribution in [2.45, 2.75) is 26.8 Å². The first-order chi connectivity index (χ1) is 10.2. The summed E-state index contributed by atoms with van der Waals surface area (Å²) in [7, 11) is 0. The normalized spacial score (nSPS) is 14.4. The van der Waals surface area contributed by atoms with Crippen molar-refractivity contribution < 1.29 is 0 Å². The maximum Gasteiger partial charge on any atom is 0.138 e. The van der Waals surface area contributed by atoms with E-state index < -0.39 is 0 Å². The Balaban J connectivity index is 1.91. The number of nitrogens with zero attached hydrogens (tertiary/aromatic N) is 1. The van der Waals surface area contributed by atoms with Crippen molar-refractivity contribution in [2.75, 3.05) is 6.54 Å². The van der Waals surface area contributed by atoms with Gasteiger partial charge in [-0.05, 0) is 61.2 Å². The van der Waals surface area contributed by atoms with Crippen LogP contribution in [0.1, 0.15) is 22.3 Å². The van der Waals surface area contributed by atoms with Gasteiger partial charge in [-0.15, -0.1) is 0 Å². The molecule has 0 bridgehead atoms. The second kappa shape index (κ2) is 4.71. The van der Waals surface area contributed by atoms with Gasteiger partial charge in [0.2, 0.25) is 0 Å². The third kappa shape index (κ3) is 2.05. The van der Waals surface area contributed by atoms with Crippen LogP contribution in [0.3, 0.4) is 0 Å². The first kappa shape index (κ1) is 12.6. The number of benzene rings is 2. The lowest BCUT2D eigenvalue weighted by Crippen LogP contribution is -2.24. The quantitative estimate of drug-likeness (QED) is 0.715. The van der Waals surface area contributed by atoms with Crippen molar-refractivity contribution in [3.63, 3.8) is 0 Å². The Morgan fingerprint density at radius 3 is 2.86 bits per heavy atom. The minimum Gasteiger partial charge on any atom is -0.338 e. The molecule has 0 saturated carbocycles. The molecule has 2 N–H and O–H groups in total. The fourth-order valence-corrected chi connectivity index (χ4v) is 3.15. The van der Waals surface area contributed by atoms with E-state index in [9.17, 15) is 0 Å². The number of aromatic amines is 1. The number of H-pyrrole nitrogens is 1. The van der Waals surface area contributed by atoms with E-state index in [2.05, 4.69) is 54.5 Å². The van der Waals surface area contributed by atoms with Gasteiger partial charge in [0.25, 0.3) is 0 Å². The summed E-state index contributed by atoms with van der Waals surface area (Å²) >= 11 is 0. The first-order valence-electron chi connectivity index (χ1n) is 7.51. The molecule has 1 aromatic heterocycles. The lowest BCUT2D eigenvalue weighted by Gasteiger charge is -2.19. The number of aryl methyl sites for hydroxylation is 2. The molecule has 2 aromatic carbocycles. The summed E-state index contributed by atoms with van der Waals surface area (Å²) in [6, 6.07) is 10.9. The Morgan fingerprint density at radius 1 is 1.10 bits per heavy atom. The van der Waals surface area contributed by atoms with Crippen LogP contribution in [0.5, 0.6) is 0 Å². The molecule has 0 spiro atoms. The van der Waals surface area contributed by atoms with E-state index in [1.54, 1.807) is 0 Å². The smallest absolute Gasteiger partial charge is 0.138 e. The average molecular weight is 277 g/mol. The van der Waals surface area contributed by atoms with Crippen molar-refractivity contribution >= 4 is 11.0 Å². The number of aromatic nitrogens is 2. The van der Waals surface area contributed by atoms with E-state index in [-0.39, 0.29) is 0 Å². The average Bonchev–Trinajstić information content (AvgIpc) is 2.90. The van der Waals surface area contributed by atoms with Gasteiger partial charge in [-0.2, -0.15) is 0 Å². The summed E-state index contributed by atoms with van der Waals surface area (Å²) in [4.78, 5) is 8.32. The standard InChI is InChI=1S/C18H19N3/c1-11-8-16-17(9-12(11)2)21-18(20-16)15-5-3-4-13-10-19-7-6-14(13)15/h3-5,8-9,19H,6-7,10H2,1-2H3,(H,20,21). The molecule has 2 heterocycles. The van der Waals surface area contributed by atoms with E-state index in [1.165, 1.54) is 27.8 Å². The van der Waals surface area contributed by atoms with E-state index >= 15 is 0 Å². The number of nitrogens with one attached hydrogen (secondary N) is 2. The van der Waals surface area contributed by atoms with Gasteiger partial charge in [0.15, 0.2) is 0 Å². The monoisotopic (exact) mass is 277 g/mol. The minimum atomic E-state index is 0.960. The topological polar surface area (TPSA) is 40.7 Å². The van der Waals surface area contributed by atoms with Gasteiger partial charge < -0.3 is 10.3 Å². The number of hydrogen-bond acceptors (Lipinski definition) is 2. The molecule has 4 rings (SSSR count). The molecule has 0 fully saturated rings. The predicted octanol–water partition coefficient (Wildman–Crippen LogP) is 3.49. The Hall–Kier alpha value is -2.13. The van der Waals surface area contributed by atoms with Crippen LogP contribution in [0.4, 0.5) is 0 Å². The van der Waals surface area contributed by atoms with Crippen molar-refractivity contribution in [1.82, 2.24) is 15.3 Å². The van der Waals surface area contributed by atoms with Crippen LogP contribution in [0.2, 0.25) is 0 Å². The summed E-state index contributed by atoms with van der Waals surface area (Å²) in [5.74, 6) is 0.994. The highest BCUT2D eigenvalue weighted by Crippen LogP contribution is 2.28. The molecule has 3 nitrogen and oxygen atoms in total. The Bertz CT molecular complexity index is 791. The van der Waals surface area contributed by atoms with Gasteiger partial charge in [0, 0.05) is 12.1 Å². The van der Waals surface area contributed by atoms with Gasteiger partial charge in [0.05, 0.1) is 11.0 Å². The highest BCUT2D eigenvalue weighted by molar-refractivity contribution is 5.81. The van der Waals surface area contributed by atoms with E-state index in [0.29, 0.717) is 0 Å². The first-order valence-corrected chi connectivity index (χ1v) is 7.51. The second-order valence-corrected chi connectivity index (χ2v) is 5.91. The Labute approximate surface area is 124 Å². The number of imidazole rings is 1. The summed E-state index contributed by atoms with van der Waals surface area (Å²) in [6.07, 6.45) is 1.07. The molecular formula is C18H19N3. The molecular weight excluding hydrogens is 258 g/mol. The number of hydrogen-bond donors (Lipinski definition) is 2. The number of rotatable bonds is 1. The van der Waals surface area contributed by atoms with Crippen LogP contribution in [0.25, 0.3) is 22.4 Å². The largest absolute Gasteiger partial charge is 0.338 e. The van der Waals surface area contributed by atoms with Crippen molar-refractivity contribution in [1.29, 1.82) is 0 Å². The maximum absolute atomic E-state index is 4.82. The van der Waals surface area contributed by atoms with Crippen molar-refractivity contribution in [3.05, 3.63) is 52.6 Å². The molecule has 3 aromatic rings. The molecule has 0 radical (unpaired) electrons. The summed E-state index contributed by atoms with van der Waals surface area (Å²) in [6.45, 7) is 6.29. The zero-order valence-corrected chi connectivity index (χ0v) is 12.5. The zero-order chi connectivity index (χ0) is 14.4. The van der Waals surface area contributed by atoms with Crippen LogP contribution in [0.15, 0.2) is 30.3 Å². The third-order valence-corrected chi connectivity index (χ3v) is 4.49. The van der Waals surface area contributed by atoms with Crippen LogP contribution in [-0.4, -0.2) is 16.5 Å². The SMILES string of the molecule is Cc1cc2nc(-c3cccc4c3CCNC4)[nH]c2cc1C. The highest BCUT2D eigenvalue weighted by atomic mass is 14.9. The van der Waals surface area contributed by atoms with E-state index in [0.717, 1.165) is 36.4 Å². The Kier molecular flexibility index (Phi) is 2.82. The summed E-state index contributed by atoms with van der Waals surface area (Å²) < 4.78 is 0. The molecule has 106 valence electrons. The van der Waals surface area contributed by atoms with E-state index in [4.69, 9.17) is 4.98 Å². The van der Waals surface area contributed by atoms with Crippen molar-refractivity contribution in [3.8, 4) is 11.4 Å². The highest BCUT2D eigenvalue weighted by Gasteiger charge is 2.16. The summed E-state index contributed by atoms with van der Waals surface area (Å²) in [5, 5.41) is 3.43. The van der Waals surface area contributed by atoms with Gasteiger partial charge in [0.1, 0.15) is 5.82 Å². The molecule has 0 amide bonds. The molecule has 1 aliphatic heterocycles. The lowest BCUT2D eigenvalue weighted by atomic mass is 9.95. The van der Waals surface area contributed by atoms with Gasteiger partial charge in [-0.3, -0.25) is 0 Å². The van der Waals surface area contributed by atoms with Crippen LogP contribution in [-0.2, 0) is 13.0 Å². The molecule has 0 aliphatic carbocycles. The molecule has 21 heavy (non-hydrogen) atoms. The number of fused-ring (bicyclic) bond motifs is 2. The van der Waals surface area contributed by atoms with E-state index in [1.807, 2.05) is 0 Å². The summed E-state index contributed by atoms with van der Waals surface area (Å²) in [5.41, 5.74) is 8.85. The minimum absolute atomic E-state index is 0.960. The fourth-order valence-electron chi connectivity index (χ4n) is 3.15. The molecule has 0 saturated heterocycles. The molecule has 0 unspecified atom stereocenters. The van der Waals surface area contributed by atoms with Crippen LogP contribution >= 0.6 is 0 Å². The van der Waals surface area contributed by atoms with Crippen molar-refractivity contribution in [2.24, 2.45) is 0 Å². The molecule has 1 aliphatic rings. The zero-order valence-electron chi connectivity index (χ0n) is 12.5. The van der Waals surface area contributed by atoms with Gasteiger partial charge in [-0.25, -0.2) is 4.98 Å². The molecule has 0 atom stereocenters. The third-order valence-electron chi connectivity index (χ3n) is 4.49. The predicted molar refractivity (Wildman–Crippen MR) is 86.4 cm³/mol. The van der Waals surface area contributed by atoms with Crippen LogP contribution in [0, 0.1) is 13.8 Å². The van der Waals surface area contributed by atoms with Crippen LogP contribution < -0.4 is 5.32 Å². The molecule has 3 heteroatoms. The van der Waals surface area contributed by atoms with Gasteiger partial charge in [-0.1, -0.05) is 18.2 Å². The fraction of sp³-hybridized carbons (Fsp3) is 0.278.